The van der Waals surface area contributed by atoms with Crippen LogP contribution in [-0.4, -0.2) is 20.5 Å². The number of benzene rings is 1. The number of aryl methyl sites for hydroxylation is 4. The van der Waals surface area contributed by atoms with Gasteiger partial charge in [-0.2, -0.15) is 5.10 Å². The summed E-state index contributed by atoms with van der Waals surface area (Å²) in [6, 6.07) is 3.89. The number of carbonyl (C=O) groups excluding carboxylic acids is 1. The zero-order valence-corrected chi connectivity index (χ0v) is 14.5. The lowest BCUT2D eigenvalue weighted by Gasteiger charge is -2.14. The summed E-state index contributed by atoms with van der Waals surface area (Å²) >= 11 is 0. The summed E-state index contributed by atoms with van der Waals surface area (Å²) in [5.74, 6) is -0.0178. The molecule has 2 heterocycles. The molecule has 0 fully saturated rings. The molecule has 23 heavy (non-hydrogen) atoms. The minimum atomic E-state index is -0.0178. The Morgan fingerprint density at radius 3 is 2.30 bits per heavy atom. The predicted molar refractivity (Wildman–Crippen MR) is 92.1 cm³/mol. The number of carbonyl (C=O) groups is 1. The highest BCUT2D eigenvalue weighted by molar-refractivity contribution is 6.16. The van der Waals surface area contributed by atoms with E-state index in [0.29, 0.717) is 11.1 Å². The fourth-order valence-electron chi connectivity index (χ4n) is 3.04. The van der Waals surface area contributed by atoms with Crippen LogP contribution in [0, 0.1) is 34.6 Å². The van der Waals surface area contributed by atoms with E-state index in [1.807, 2.05) is 33.0 Å². The molecule has 4 nitrogen and oxygen atoms in total. The van der Waals surface area contributed by atoms with Gasteiger partial charge in [-0.05, 0) is 57.4 Å². The van der Waals surface area contributed by atoms with Crippen LogP contribution in [0.25, 0.3) is 10.9 Å². The van der Waals surface area contributed by atoms with Gasteiger partial charge in [-0.25, -0.2) is 0 Å². The van der Waals surface area contributed by atoms with E-state index in [4.69, 9.17) is 4.98 Å². The second kappa shape index (κ2) is 5.30. The number of pyridine rings is 1. The second-order valence-corrected chi connectivity index (χ2v) is 6.20. The van der Waals surface area contributed by atoms with Gasteiger partial charge in [0.25, 0.3) is 0 Å². The van der Waals surface area contributed by atoms with Crippen molar-refractivity contribution in [2.45, 2.75) is 34.6 Å². The maximum atomic E-state index is 13.0. The van der Waals surface area contributed by atoms with Gasteiger partial charge in [0.15, 0.2) is 5.78 Å². The molecule has 0 amide bonds. The standard InChI is InChI=1S/C19H21N3O/c1-10-7-8-15(19(23)16-9-20-22(6)14(16)5)18-17(10)12(3)11(2)13(4)21-18/h7-9H,1-6H3. The summed E-state index contributed by atoms with van der Waals surface area (Å²) in [7, 11) is 1.84. The maximum Gasteiger partial charge on any atom is 0.198 e. The lowest BCUT2D eigenvalue weighted by Crippen LogP contribution is -2.07. The highest BCUT2D eigenvalue weighted by atomic mass is 16.1. The summed E-state index contributed by atoms with van der Waals surface area (Å²) in [5.41, 5.74) is 7.43. The van der Waals surface area contributed by atoms with Crippen LogP contribution in [0.3, 0.4) is 0 Å². The van der Waals surface area contributed by atoms with E-state index in [2.05, 4.69) is 25.9 Å². The second-order valence-electron chi connectivity index (χ2n) is 6.20. The van der Waals surface area contributed by atoms with Gasteiger partial charge in [-0.15, -0.1) is 0 Å². The molecular weight excluding hydrogens is 286 g/mol. The van der Waals surface area contributed by atoms with E-state index in [1.165, 1.54) is 11.1 Å². The van der Waals surface area contributed by atoms with Crippen molar-refractivity contribution in [3.05, 3.63) is 57.5 Å². The third-order valence-electron chi connectivity index (χ3n) is 4.87. The molecule has 0 aliphatic heterocycles. The number of ketones is 1. The predicted octanol–water partition coefficient (Wildman–Crippen LogP) is 3.74. The molecule has 1 aromatic carbocycles. The fraction of sp³-hybridized carbons (Fsp3) is 0.316. The summed E-state index contributed by atoms with van der Waals surface area (Å²) in [5, 5.41) is 5.27. The van der Waals surface area contributed by atoms with Crippen molar-refractivity contribution in [2.75, 3.05) is 0 Å². The monoisotopic (exact) mass is 307 g/mol. The van der Waals surface area contributed by atoms with Crippen LogP contribution in [0.4, 0.5) is 0 Å². The van der Waals surface area contributed by atoms with E-state index in [9.17, 15) is 4.79 Å². The van der Waals surface area contributed by atoms with Crippen molar-refractivity contribution in [3.8, 4) is 0 Å². The largest absolute Gasteiger partial charge is 0.288 e. The third kappa shape index (κ3) is 2.25. The Balaban J connectivity index is 2.33. The summed E-state index contributed by atoms with van der Waals surface area (Å²) < 4.78 is 1.72. The Kier molecular flexibility index (Phi) is 3.55. The van der Waals surface area contributed by atoms with E-state index < -0.39 is 0 Å². The molecule has 118 valence electrons. The lowest BCUT2D eigenvalue weighted by atomic mass is 9.94. The topological polar surface area (TPSA) is 47.8 Å². The molecule has 4 heteroatoms. The average molecular weight is 307 g/mol. The molecule has 0 aliphatic rings. The number of fused-ring (bicyclic) bond motifs is 1. The molecule has 2 aromatic heterocycles. The summed E-state index contributed by atoms with van der Waals surface area (Å²) in [6.45, 7) is 10.1. The van der Waals surface area contributed by atoms with Crippen LogP contribution in [0.15, 0.2) is 18.3 Å². The minimum absolute atomic E-state index is 0.0178. The van der Waals surface area contributed by atoms with E-state index in [0.717, 1.165) is 27.9 Å². The first-order chi connectivity index (χ1) is 10.8. The van der Waals surface area contributed by atoms with Gasteiger partial charge in [0.2, 0.25) is 0 Å². The van der Waals surface area contributed by atoms with Crippen LogP contribution in [-0.2, 0) is 7.05 Å². The number of hydrogen-bond donors (Lipinski definition) is 0. The fourth-order valence-corrected chi connectivity index (χ4v) is 3.04. The average Bonchev–Trinajstić information content (AvgIpc) is 2.84. The van der Waals surface area contributed by atoms with Crippen molar-refractivity contribution in [1.82, 2.24) is 14.8 Å². The quantitative estimate of drug-likeness (QED) is 0.678. The SMILES string of the molecule is Cc1nc2c(C(=O)c3cnn(C)c3C)ccc(C)c2c(C)c1C. The molecule has 0 spiro atoms. The molecule has 0 saturated heterocycles. The first-order valence-corrected chi connectivity index (χ1v) is 7.73. The van der Waals surface area contributed by atoms with E-state index in [-0.39, 0.29) is 5.78 Å². The normalized spacial score (nSPS) is 11.2. The Labute approximate surface area is 136 Å². The number of rotatable bonds is 2. The molecule has 0 unspecified atom stereocenters. The Morgan fingerprint density at radius 1 is 1.00 bits per heavy atom. The third-order valence-corrected chi connectivity index (χ3v) is 4.87. The summed E-state index contributed by atoms with van der Waals surface area (Å²) in [4.78, 5) is 17.8. The van der Waals surface area contributed by atoms with Crippen molar-refractivity contribution in [2.24, 2.45) is 7.05 Å². The van der Waals surface area contributed by atoms with Crippen molar-refractivity contribution in [3.63, 3.8) is 0 Å². The van der Waals surface area contributed by atoms with Crippen LogP contribution in [0.2, 0.25) is 0 Å². The highest BCUT2D eigenvalue weighted by Crippen LogP contribution is 2.29. The van der Waals surface area contributed by atoms with Crippen molar-refractivity contribution in [1.29, 1.82) is 0 Å². The number of nitrogens with zero attached hydrogens (tertiary/aromatic N) is 3. The smallest absolute Gasteiger partial charge is 0.198 e. The highest BCUT2D eigenvalue weighted by Gasteiger charge is 2.20. The molecule has 0 N–H and O–H groups in total. The van der Waals surface area contributed by atoms with Crippen LogP contribution in [0.1, 0.15) is 44.0 Å². The molecule has 3 rings (SSSR count). The zero-order valence-electron chi connectivity index (χ0n) is 14.5. The number of hydrogen-bond acceptors (Lipinski definition) is 3. The van der Waals surface area contributed by atoms with Crippen LogP contribution >= 0.6 is 0 Å². The molecule has 0 atom stereocenters. The van der Waals surface area contributed by atoms with Crippen LogP contribution in [0.5, 0.6) is 0 Å². The molecule has 0 bridgehead atoms. The molecule has 0 saturated carbocycles. The van der Waals surface area contributed by atoms with Gasteiger partial charge >= 0.3 is 0 Å². The maximum absolute atomic E-state index is 13.0. The van der Waals surface area contributed by atoms with Gasteiger partial charge in [-0.1, -0.05) is 6.07 Å². The Hall–Kier alpha value is -2.49. The van der Waals surface area contributed by atoms with Gasteiger partial charge in [0, 0.05) is 29.4 Å². The van der Waals surface area contributed by atoms with Gasteiger partial charge in [0.1, 0.15) is 0 Å². The molecular formula is C19H21N3O. The first-order valence-electron chi connectivity index (χ1n) is 7.73. The van der Waals surface area contributed by atoms with Gasteiger partial charge in [0.05, 0.1) is 17.3 Å². The minimum Gasteiger partial charge on any atom is -0.288 e. The van der Waals surface area contributed by atoms with E-state index in [1.54, 1.807) is 10.9 Å². The van der Waals surface area contributed by atoms with Gasteiger partial charge < -0.3 is 0 Å². The number of aromatic nitrogens is 3. The van der Waals surface area contributed by atoms with Gasteiger partial charge in [-0.3, -0.25) is 14.5 Å². The van der Waals surface area contributed by atoms with Crippen molar-refractivity contribution < 1.29 is 4.79 Å². The van der Waals surface area contributed by atoms with E-state index >= 15 is 0 Å². The molecule has 0 aliphatic carbocycles. The lowest BCUT2D eigenvalue weighted by molar-refractivity contribution is 0.103. The molecule has 0 radical (unpaired) electrons. The Morgan fingerprint density at radius 2 is 1.70 bits per heavy atom. The van der Waals surface area contributed by atoms with Crippen molar-refractivity contribution >= 4 is 16.7 Å². The van der Waals surface area contributed by atoms with Crippen LogP contribution < -0.4 is 0 Å². The molecule has 3 aromatic rings. The first kappa shape index (κ1) is 15.4. The summed E-state index contributed by atoms with van der Waals surface area (Å²) in [6.07, 6.45) is 1.64. The Bertz CT molecular complexity index is 951. The zero-order chi connectivity index (χ0) is 16.9.